The van der Waals surface area contributed by atoms with Gasteiger partial charge in [0.1, 0.15) is 13.2 Å². The highest BCUT2D eigenvalue weighted by atomic mass is 16.6. The predicted molar refractivity (Wildman–Crippen MR) is 298 cm³/mol. The van der Waals surface area contributed by atoms with E-state index < -0.39 is 6.10 Å². The SMILES string of the molecule is CCCCCC/C=C\CCCCCCCC(=O)OC(COC(=O)CCCCCCCCCCCCCCC)COC(=O)CCCCCCCCCCCCCCC/C=C\CCCCCCCCCC. The average Bonchev–Trinajstić information content (AvgIpc) is 3.35. The van der Waals surface area contributed by atoms with Crippen molar-refractivity contribution in [1.29, 1.82) is 0 Å². The van der Waals surface area contributed by atoms with Crippen LogP contribution in [-0.4, -0.2) is 37.2 Å². The van der Waals surface area contributed by atoms with Gasteiger partial charge in [-0.2, -0.15) is 0 Å². The number of esters is 3. The van der Waals surface area contributed by atoms with Crippen molar-refractivity contribution in [3.63, 3.8) is 0 Å². The minimum Gasteiger partial charge on any atom is -0.462 e. The third-order valence-corrected chi connectivity index (χ3v) is 13.9. The smallest absolute Gasteiger partial charge is 0.306 e. The number of allylic oxidation sites excluding steroid dienone is 4. The first-order valence-corrected chi connectivity index (χ1v) is 30.8. The summed E-state index contributed by atoms with van der Waals surface area (Å²) < 4.78 is 16.9. The van der Waals surface area contributed by atoms with Crippen molar-refractivity contribution in [3.8, 4) is 0 Å². The normalized spacial score (nSPS) is 12.1. The fourth-order valence-corrected chi connectivity index (χ4v) is 9.26. The van der Waals surface area contributed by atoms with Crippen LogP contribution in [-0.2, 0) is 28.6 Å². The van der Waals surface area contributed by atoms with E-state index in [-0.39, 0.29) is 31.1 Å². The van der Waals surface area contributed by atoms with E-state index in [1.807, 2.05) is 0 Å². The highest BCUT2D eigenvalue weighted by molar-refractivity contribution is 5.71. The molecule has 6 heteroatoms. The number of carbonyl (C=O) groups is 3. The Morgan fingerprint density at radius 2 is 0.478 bits per heavy atom. The van der Waals surface area contributed by atoms with Crippen molar-refractivity contribution >= 4 is 17.9 Å². The topological polar surface area (TPSA) is 78.9 Å². The van der Waals surface area contributed by atoms with Crippen LogP contribution in [0.15, 0.2) is 24.3 Å². The highest BCUT2D eigenvalue weighted by Gasteiger charge is 2.19. The van der Waals surface area contributed by atoms with Crippen LogP contribution < -0.4 is 0 Å². The van der Waals surface area contributed by atoms with Crippen LogP contribution in [0.5, 0.6) is 0 Å². The Morgan fingerprint density at radius 1 is 0.275 bits per heavy atom. The molecule has 1 atom stereocenters. The van der Waals surface area contributed by atoms with Gasteiger partial charge < -0.3 is 14.2 Å². The fraction of sp³-hybridized carbons (Fsp3) is 0.889. The molecule has 0 aromatic rings. The van der Waals surface area contributed by atoms with E-state index >= 15 is 0 Å². The van der Waals surface area contributed by atoms with Gasteiger partial charge in [-0.25, -0.2) is 0 Å². The molecule has 0 amide bonds. The molecule has 0 saturated carbocycles. The maximum atomic E-state index is 12.8. The van der Waals surface area contributed by atoms with Gasteiger partial charge in [-0.1, -0.05) is 276 Å². The molecule has 0 aliphatic carbocycles. The van der Waals surface area contributed by atoms with Gasteiger partial charge in [-0.05, 0) is 70.6 Å². The van der Waals surface area contributed by atoms with Crippen LogP contribution in [0.25, 0.3) is 0 Å². The van der Waals surface area contributed by atoms with Gasteiger partial charge in [0, 0.05) is 19.3 Å². The molecule has 0 aliphatic rings. The van der Waals surface area contributed by atoms with Crippen molar-refractivity contribution in [2.45, 2.75) is 348 Å². The van der Waals surface area contributed by atoms with E-state index in [4.69, 9.17) is 14.2 Å². The minimum absolute atomic E-state index is 0.0697. The first-order chi connectivity index (χ1) is 34.0. The number of rotatable bonds is 57. The van der Waals surface area contributed by atoms with Gasteiger partial charge in [0.2, 0.25) is 0 Å². The molecule has 0 saturated heterocycles. The molecule has 1 unspecified atom stereocenters. The minimum atomic E-state index is -0.771. The zero-order valence-electron chi connectivity index (χ0n) is 46.6. The van der Waals surface area contributed by atoms with E-state index in [9.17, 15) is 14.4 Å². The van der Waals surface area contributed by atoms with Crippen molar-refractivity contribution in [3.05, 3.63) is 24.3 Å². The first-order valence-electron chi connectivity index (χ1n) is 30.8. The predicted octanol–water partition coefficient (Wildman–Crippen LogP) is 20.7. The van der Waals surface area contributed by atoms with Crippen LogP contribution in [0.1, 0.15) is 342 Å². The Hall–Kier alpha value is -2.11. The summed E-state index contributed by atoms with van der Waals surface area (Å²) in [5.41, 5.74) is 0. The van der Waals surface area contributed by atoms with Gasteiger partial charge in [0.15, 0.2) is 6.10 Å². The van der Waals surface area contributed by atoms with E-state index in [1.165, 1.54) is 238 Å². The van der Waals surface area contributed by atoms with Crippen LogP contribution >= 0.6 is 0 Å². The highest BCUT2D eigenvalue weighted by Crippen LogP contribution is 2.17. The lowest BCUT2D eigenvalue weighted by Gasteiger charge is -2.18. The largest absolute Gasteiger partial charge is 0.462 e. The summed E-state index contributed by atoms with van der Waals surface area (Å²) in [6.07, 6.45) is 69.0. The van der Waals surface area contributed by atoms with Crippen molar-refractivity contribution < 1.29 is 28.6 Å². The molecule has 69 heavy (non-hydrogen) atoms. The maximum Gasteiger partial charge on any atom is 0.306 e. The molecule has 406 valence electrons. The molecule has 0 rings (SSSR count). The van der Waals surface area contributed by atoms with Crippen LogP contribution in [0, 0.1) is 0 Å². The molecule has 0 heterocycles. The number of carbonyl (C=O) groups excluding carboxylic acids is 3. The van der Waals surface area contributed by atoms with Crippen molar-refractivity contribution in [1.82, 2.24) is 0 Å². The van der Waals surface area contributed by atoms with Gasteiger partial charge in [0.25, 0.3) is 0 Å². The summed E-state index contributed by atoms with van der Waals surface area (Å²) in [4.78, 5) is 38.1. The summed E-state index contributed by atoms with van der Waals surface area (Å²) >= 11 is 0. The lowest BCUT2D eigenvalue weighted by Crippen LogP contribution is -2.30. The van der Waals surface area contributed by atoms with E-state index in [0.29, 0.717) is 19.3 Å². The lowest BCUT2D eigenvalue weighted by atomic mass is 10.0. The number of ether oxygens (including phenoxy) is 3. The Balaban J connectivity index is 4.19. The Morgan fingerprint density at radius 3 is 0.739 bits per heavy atom. The van der Waals surface area contributed by atoms with Crippen LogP contribution in [0.4, 0.5) is 0 Å². The second-order valence-corrected chi connectivity index (χ2v) is 21.0. The van der Waals surface area contributed by atoms with Crippen LogP contribution in [0.2, 0.25) is 0 Å². The van der Waals surface area contributed by atoms with Gasteiger partial charge in [-0.15, -0.1) is 0 Å². The third-order valence-electron chi connectivity index (χ3n) is 13.9. The van der Waals surface area contributed by atoms with E-state index in [2.05, 4.69) is 45.1 Å². The molecular formula is C63H118O6. The van der Waals surface area contributed by atoms with E-state index in [0.717, 1.165) is 64.2 Å². The summed E-state index contributed by atoms with van der Waals surface area (Å²) in [6, 6.07) is 0. The second kappa shape index (κ2) is 58.5. The summed E-state index contributed by atoms with van der Waals surface area (Å²) in [5.74, 6) is -0.857. The quantitative estimate of drug-likeness (QED) is 0.0261. The molecular weight excluding hydrogens is 853 g/mol. The maximum absolute atomic E-state index is 12.8. The number of hydrogen-bond donors (Lipinski definition) is 0. The molecule has 6 nitrogen and oxygen atoms in total. The Kier molecular flexibility index (Phi) is 56.7. The number of hydrogen-bond acceptors (Lipinski definition) is 6. The molecule has 0 aliphatic heterocycles. The standard InChI is InChI=1S/C63H118O6/c1-4-7-10-13-16-19-22-25-26-27-28-29-30-31-32-33-34-35-36-39-41-44-47-50-53-56-62(65)68-59-60(69-63(66)57-54-51-48-45-42-38-24-21-18-15-12-9-6-3)58-67-61(64)55-52-49-46-43-40-37-23-20-17-14-11-8-5-2/h21,24,27-28,60H,4-20,22-23,25-26,29-59H2,1-3H3/b24-21-,28-27-. The van der Waals surface area contributed by atoms with Crippen LogP contribution in [0.3, 0.4) is 0 Å². The summed E-state index contributed by atoms with van der Waals surface area (Å²) in [7, 11) is 0. The lowest BCUT2D eigenvalue weighted by molar-refractivity contribution is -0.167. The molecule has 0 fully saturated rings. The zero-order chi connectivity index (χ0) is 50.0. The van der Waals surface area contributed by atoms with E-state index in [1.54, 1.807) is 0 Å². The first kappa shape index (κ1) is 66.9. The van der Waals surface area contributed by atoms with Crippen molar-refractivity contribution in [2.75, 3.05) is 13.2 Å². The van der Waals surface area contributed by atoms with Gasteiger partial charge >= 0.3 is 17.9 Å². The monoisotopic (exact) mass is 971 g/mol. The fourth-order valence-electron chi connectivity index (χ4n) is 9.26. The molecule has 0 aromatic heterocycles. The van der Waals surface area contributed by atoms with Gasteiger partial charge in [0.05, 0.1) is 0 Å². The molecule has 0 N–H and O–H groups in total. The van der Waals surface area contributed by atoms with Crippen molar-refractivity contribution in [2.24, 2.45) is 0 Å². The Labute approximate surface area is 430 Å². The van der Waals surface area contributed by atoms with Gasteiger partial charge in [-0.3, -0.25) is 14.4 Å². The molecule has 0 bridgehead atoms. The number of unbranched alkanes of at least 4 members (excludes halogenated alkanes) is 42. The molecule has 0 radical (unpaired) electrons. The Bertz CT molecular complexity index is 1110. The second-order valence-electron chi connectivity index (χ2n) is 21.0. The third kappa shape index (κ3) is 56.7. The zero-order valence-corrected chi connectivity index (χ0v) is 46.6. The molecule has 0 aromatic carbocycles. The summed E-state index contributed by atoms with van der Waals surface area (Å²) in [6.45, 7) is 6.67. The molecule has 0 spiro atoms. The summed E-state index contributed by atoms with van der Waals surface area (Å²) in [5, 5.41) is 0. The average molecular weight is 972 g/mol.